The van der Waals surface area contributed by atoms with Gasteiger partial charge in [0.25, 0.3) is 5.92 Å². The summed E-state index contributed by atoms with van der Waals surface area (Å²) in [5.41, 5.74) is 1.08. The van der Waals surface area contributed by atoms with Gasteiger partial charge < -0.3 is 0 Å². The van der Waals surface area contributed by atoms with E-state index < -0.39 is 5.92 Å². The number of likely N-dealkylation sites (tertiary alicyclic amines) is 1. The highest BCUT2D eigenvalue weighted by molar-refractivity contribution is 7.09. The maximum atomic E-state index is 13.0. The van der Waals surface area contributed by atoms with Crippen LogP contribution in [-0.2, 0) is 12.0 Å². The molecule has 0 radical (unpaired) electrons. The largest absolute Gasteiger partial charge is 0.291 e. The zero-order valence-electron chi connectivity index (χ0n) is 10.5. The van der Waals surface area contributed by atoms with Crippen molar-refractivity contribution in [2.45, 2.75) is 45.1 Å². The van der Waals surface area contributed by atoms with Crippen LogP contribution in [0.4, 0.5) is 8.78 Å². The Morgan fingerprint density at radius 1 is 1.47 bits per heavy atom. The van der Waals surface area contributed by atoms with Gasteiger partial charge in [-0.1, -0.05) is 20.8 Å². The van der Waals surface area contributed by atoms with Gasteiger partial charge in [-0.05, 0) is 0 Å². The molecule has 1 aromatic heterocycles. The first-order valence-corrected chi connectivity index (χ1v) is 6.69. The number of aromatic nitrogens is 1. The molecule has 1 aromatic rings. The lowest BCUT2D eigenvalue weighted by molar-refractivity contribution is 0.0115. The summed E-state index contributed by atoms with van der Waals surface area (Å²) in [4.78, 5) is 6.31. The fraction of sp³-hybridized carbons (Fsp3) is 0.750. The van der Waals surface area contributed by atoms with E-state index in [-0.39, 0.29) is 18.4 Å². The van der Waals surface area contributed by atoms with Crippen LogP contribution in [-0.4, -0.2) is 28.9 Å². The van der Waals surface area contributed by atoms with E-state index in [4.69, 9.17) is 0 Å². The fourth-order valence-corrected chi connectivity index (χ4v) is 2.92. The molecule has 5 heteroatoms. The van der Waals surface area contributed by atoms with E-state index >= 15 is 0 Å². The molecule has 0 N–H and O–H groups in total. The van der Waals surface area contributed by atoms with Gasteiger partial charge in [-0.3, -0.25) is 4.90 Å². The maximum absolute atomic E-state index is 13.0. The monoisotopic (exact) mass is 260 g/mol. The van der Waals surface area contributed by atoms with Crippen molar-refractivity contribution in [1.82, 2.24) is 9.88 Å². The summed E-state index contributed by atoms with van der Waals surface area (Å²) >= 11 is 1.57. The second-order valence-electron chi connectivity index (χ2n) is 5.69. The topological polar surface area (TPSA) is 16.1 Å². The lowest BCUT2D eigenvalue weighted by Gasteiger charge is -2.15. The van der Waals surface area contributed by atoms with E-state index in [0.717, 1.165) is 10.7 Å². The Labute approximate surface area is 105 Å². The Hall–Kier alpha value is -0.550. The molecule has 0 aliphatic carbocycles. The molecule has 1 fully saturated rings. The van der Waals surface area contributed by atoms with Crippen LogP contribution in [0, 0.1) is 0 Å². The zero-order chi connectivity index (χ0) is 12.7. The quantitative estimate of drug-likeness (QED) is 0.811. The predicted octanol–water partition coefficient (Wildman–Crippen LogP) is 3.28. The van der Waals surface area contributed by atoms with Crippen LogP contribution in [0.3, 0.4) is 0 Å². The average Bonchev–Trinajstić information content (AvgIpc) is 2.72. The highest BCUT2D eigenvalue weighted by atomic mass is 32.1. The number of thiazole rings is 1. The van der Waals surface area contributed by atoms with E-state index in [1.165, 1.54) is 0 Å². The molecule has 0 atom stereocenters. The van der Waals surface area contributed by atoms with Crippen LogP contribution in [0.1, 0.15) is 37.9 Å². The highest BCUT2D eigenvalue weighted by Gasteiger charge is 2.38. The third kappa shape index (κ3) is 3.22. The SMILES string of the molecule is CC(C)(C)c1csc(CN2CCC(F)(F)C2)n1. The van der Waals surface area contributed by atoms with E-state index in [0.29, 0.717) is 13.1 Å². The molecule has 1 aliphatic rings. The van der Waals surface area contributed by atoms with Crippen LogP contribution in [0.2, 0.25) is 0 Å². The van der Waals surface area contributed by atoms with Gasteiger partial charge in [0.2, 0.25) is 0 Å². The molecular formula is C12H18F2N2S. The van der Waals surface area contributed by atoms with Gasteiger partial charge in [0.05, 0.1) is 18.8 Å². The Bertz CT molecular complexity index is 395. The van der Waals surface area contributed by atoms with Crippen molar-refractivity contribution in [1.29, 1.82) is 0 Å². The molecule has 1 aliphatic heterocycles. The maximum Gasteiger partial charge on any atom is 0.261 e. The van der Waals surface area contributed by atoms with Gasteiger partial charge in [0, 0.05) is 23.8 Å². The minimum atomic E-state index is -2.51. The molecule has 2 rings (SSSR count). The normalized spacial score (nSPS) is 21.0. The predicted molar refractivity (Wildman–Crippen MR) is 65.7 cm³/mol. The molecule has 2 heterocycles. The Kier molecular flexibility index (Phi) is 3.25. The van der Waals surface area contributed by atoms with Gasteiger partial charge in [-0.15, -0.1) is 11.3 Å². The summed E-state index contributed by atoms with van der Waals surface area (Å²) in [6, 6.07) is 0. The second kappa shape index (κ2) is 4.28. The first-order valence-electron chi connectivity index (χ1n) is 5.81. The minimum Gasteiger partial charge on any atom is -0.291 e. The third-order valence-corrected chi connectivity index (χ3v) is 3.76. The van der Waals surface area contributed by atoms with Crippen LogP contribution in [0.25, 0.3) is 0 Å². The number of alkyl halides is 2. The Morgan fingerprint density at radius 3 is 2.65 bits per heavy atom. The third-order valence-electron chi connectivity index (χ3n) is 2.93. The first kappa shape index (κ1) is 12.9. The Morgan fingerprint density at radius 2 is 2.18 bits per heavy atom. The van der Waals surface area contributed by atoms with Crippen molar-refractivity contribution < 1.29 is 8.78 Å². The van der Waals surface area contributed by atoms with E-state index in [2.05, 4.69) is 25.8 Å². The molecular weight excluding hydrogens is 242 g/mol. The minimum absolute atomic E-state index is 0.0233. The molecule has 2 nitrogen and oxygen atoms in total. The van der Waals surface area contributed by atoms with Gasteiger partial charge in [-0.2, -0.15) is 0 Å². The van der Waals surface area contributed by atoms with E-state index in [1.54, 1.807) is 16.2 Å². The summed E-state index contributed by atoms with van der Waals surface area (Å²) in [5.74, 6) is -2.51. The van der Waals surface area contributed by atoms with Crippen molar-refractivity contribution in [3.8, 4) is 0 Å². The lowest BCUT2D eigenvalue weighted by Crippen LogP contribution is -2.24. The summed E-state index contributed by atoms with van der Waals surface area (Å²) in [5, 5.41) is 2.97. The van der Waals surface area contributed by atoms with Crippen molar-refractivity contribution in [3.63, 3.8) is 0 Å². The van der Waals surface area contributed by atoms with Crippen molar-refractivity contribution in [2.24, 2.45) is 0 Å². The lowest BCUT2D eigenvalue weighted by atomic mass is 9.93. The summed E-state index contributed by atoms with van der Waals surface area (Å²) < 4.78 is 26.1. The standard InChI is InChI=1S/C12H18F2N2S/c1-11(2,3)9-7-17-10(15-9)6-16-5-4-12(13,14)8-16/h7H,4-6,8H2,1-3H3. The van der Waals surface area contributed by atoms with Crippen LogP contribution in [0.5, 0.6) is 0 Å². The molecule has 0 aromatic carbocycles. The number of nitrogens with zero attached hydrogens (tertiary/aromatic N) is 2. The van der Waals surface area contributed by atoms with Crippen LogP contribution < -0.4 is 0 Å². The zero-order valence-corrected chi connectivity index (χ0v) is 11.3. The number of halogens is 2. The van der Waals surface area contributed by atoms with E-state index in [9.17, 15) is 8.78 Å². The van der Waals surface area contributed by atoms with Gasteiger partial charge in [0.1, 0.15) is 5.01 Å². The summed E-state index contributed by atoms with van der Waals surface area (Å²) in [6.45, 7) is 7.21. The summed E-state index contributed by atoms with van der Waals surface area (Å²) in [7, 11) is 0. The van der Waals surface area contributed by atoms with Gasteiger partial charge >= 0.3 is 0 Å². The first-order chi connectivity index (χ1) is 7.76. The molecule has 96 valence electrons. The number of hydrogen-bond donors (Lipinski definition) is 0. The molecule has 0 amide bonds. The highest BCUT2D eigenvalue weighted by Crippen LogP contribution is 2.29. The van der Waals surface area contributed by atoms with Crippen LogP contribution in [0.15, 0.2) is 5.38 Å². The second-order valence-corrected chi connectivity index (χ2v) is 6.64. The molecule has 0 saturated carbocycles. The average molecular weight is 260 g/mol. The molecule has 0 bridgehead atoms. The van der Waals surface area contributed by atoms with Gasteiger partial charge in [0.15, 0.2) is 0 Å². The van der Waals surface area contributed by atoms with Crippen molar-refractivity contribution in [3.05, 3.63) is 16.1 Å². The van der Waals surface area contributed by atoms with Crippen molar-refractivity contribution in [2.75, 3.05) is 13.1 Å². The fourth-order valence-electron chi connectivity index (χ4n) is 1.86. The van der Waals surface area contributed by atoms with E-state index in [1.807, 2.05) is 5.38 Å². The molecule has 17 heavy (non-hydrogen) atoms. The molecule has 0 spiro atoms. The van der Waals surface area contributed by atoms with Crippen LogP contribution >= 0.6 is 11.3 Å². The molecule has 1 saturated heterocycles. The number of hydrogen-bond acceptors (Lipinski definition) is 3. The Balaban J connectivity index is 1.99. The number of rotatable bonds is 2. The summed E-state index contributed by atoms with van der Waals surface area (Å²) in [6.07, 6.45) is -0.0233. The smallest absolute Gasteiger partial charge is 0.261 e. The molecule has 0 unspecified atom stereocenters. The van der Waals surface area contributed by atoms with Crippen molar-refractivity contribution >= 4 is 11.3 Å². The van der Waals surface area contributed by atoms with Gasteiger partial charge in [-0.25, -0.2) is 13.8 Å².